The summed E-state index contributed by atoms with van der Waals surface area (Å²) in [5, 5.41) is 11.1. The van der Waals surface area contributed by atoms with Gasteiger partial charge in [-0.1, -0.05) is 54.6 Å². The number of ether oxygens (including phenoxy) is 1. The molecule has 0 fully saturated rings. The lowest BCUT2D eigenvalue weighted by Crippen LogP contribution is -2.23. The monoisotopic (exact) mass is 357 g/mol. The fraction of sp³-hybridized carbons (Fsp3) is 0.0455. The van der Waals surface area contributed by atoms with Crippen molar-refractivity contribution < 1.29 is 14.5 Å². The van der Waals surface area contributed by atoms with Crippen LogP contribution in [-0.4, -0.2) is 10.7 Å². The van der Waals surface area contributed by atoms with Gasteiger partial charge in [-0.3, -0.25) is 14.9 Å². The maximum Gasteiger partial charge on any atom is 0.270 e. The second kappa shape index (κ2) is 6.88. The summed E-state index contributed by atoms with van der Waals surface area (Å²) in [6, 6.07) is 22.8. The third kappa shape index (κ3) is 3.22. The maximum atomic E-state index is 13.1. The number of nitro groups is 1. The quantitative estimate of drug-likeness (QED) is 0.376. The van der Waals surface area contributed by atoms with Gasteiger partial charge >= 0.3 is 0 Å². The molecular weight excluding hydrogens is 342 g/mol. The van der Waals surface area contributed by atoms with Gasteiger partial charge in [-0.25, -0.2) is 0 Å². The molecule has 5 nitrogen and oxygen atoms in total. The van der Waals surface area contributed by atoms with Crippen molar-refractivity contribution in [2.45, 2.75) is 6.10 Å². The SMILES string of the molecule is O=C1/C(=C/c2cccc([N+](=O)[O-])c2)[C@H](c2ccccc2)Oc2ccccc21. The molecule has 1 heterocycles. The minimum absolute atomic E-state index is 0.0230. The highest BCUT2D eigenvalue weighted by atomic mass is 16.6. The predicted octanol–water partition coefficient (Wildman–Crippen LogP) is 4.99. The van der Waals surface area contributed by atoms with E-state index in [1.54, 1.807) is 36.4 Å². The van der Waals surface area contributed by atoms with E-state index < -0.39 is 11.0 Å². The summed E-state index contributed by atoms with van der Waals surface area (Å²) < 4.78 is 6.13. The van der Waals surface area contributed by atoms with Crippen LogP contribution in [0.4, 0.5) is 5.69 Å². The number of rotatable bonds is 3. The molecule has 0 N–H and O–H groups in total. The topological polar surface area (TPSA) is 69.4 Å². The number of nitrogens with zero attached hydrogens (tertiary/aromatic N) is 1. The smallest absolute Gasteiger partial charge is 0.270 e. The van der Waals surface area contributed by atoms with E-state index in [2.05, 4.69) is 0 Å². The first-order valence-electron chi connectivity index (χ1n) is 8.45. The van der Waals surface area contributed by atoms with Crippen LogP contribution in [0.2, 0.25) is 0 Å². The zero-order valence-electron chi connectivity index (χ0n) is 14.2. The van der Waals surface area contributed by atoms with Crippen molar-refractivity contribution in [3.05, 3.63) is 111 Å². The molecule has 0 spiro atoms. The lowest BCUT2D eigenvalue weighted by atomic mass is 9.89. The maximum absolute atomic E-state index is 13.1. The zero-order chi connectivity index (χ0) is 18.8. The summed E-state index contributed by atoms with van der Waals surface area (Å²) in [5.74, 6) is 0.393. The van der Waals surface area contributed by atoms with E-state index in [9.17, 15) is 14.9 Å². The fourth-order valence-corrected chi connectivity index (χ4v) is 3.15. The van der Waals surface area contributed by atoms with Gasteiger partial charge in [0.15, 0.2) is 11.9 Å². The Morgan fingerprint density at radius 3 is 2.44 bits per heavy atom. The van der Waals surface area contributed by atoms with Gasteiger partial charge in [-0.2, -0.15) is 0 Å². The van der Waals surface area contributed by atoms with E-state index >= 15 is 0 Å². The van der Waals surface area contributed by atoms with Crippen LogP contribution in [-0.2, 0) is 0 Å². The Balaban J connectivity index is 1.85. The number of carbonyl (C=O) groups excluding carboxylic acids is 1. The number of Topliss-reactive ketones (excluding diaryl/α,β-unsaturated/α-hetero) is 1. The Hall–Kier alpha value is -3.73. The van der Waals surface area contributed by atoms with Gasteiger partial charge < -0.3 is 4.74 Å². The van der Waals surface area contributed by atoms with Crippen LogP contribution in [0.5, 0.6) is 5.75 Å². The Labute approximate surface area is 155 Å². The van der Waals surface area contributed by atoms with Gasteiger partial charge in [0, 0.05) is 17.7 Å². The van der Waals surface area contributed by atoms with Crippen LogP contribution >= 0.6 is 0 Å². The van der Waals surface area contributed by atoms with Crippen LogP contribution in [0.25, 0.3) is 6.08 Å². The Morgan fingerprint density at radius 2 is 1.67 bits per heavy atom. The van der Waals surface area contributed by atoms with Gasteiger partial charge in [0.1, 0.15) is 5.75 Å². The van der Waals surface area contributed by atoms with E-state index in [1.807, 2.05) is 36.4 Å². The fourth-order valence-electron chi connectivity index (χ4n) is 3.15. The average Bonchev–Trinajstić information content (AvgIpc) is 2.71. The van der Waals surface area contributed by atoms with Crippen molar-refractivity contribution >= 4 is 17.5 Å². The molecule has 1 aliphatic rings. The Morgan fingerprint density at radius 1 is 0.926 bits per heavy atom. The molecule has 0 aliphatic carbocycles. The minimum Gasteiger partial charge on any atom is -0.480 e. The summed E-state index contributed by atoms with van der Waals surface area (Å²) in [4.78, 5) is 23.7. The minimum atomic E-state index is -0.576. The number of ketones is 1. The van der Waals surface area contributed by atoms with Crippen molar-refractivity contribution in [1.82, 2.24) is 0 Å². The van der Waals surface area contributed by atoms with Crippen molar-refractivity contribution in [3.8, 4) is 5.75 Å². The van der Waals surface area contributed by atoms with E-state index in [1.165, 1.54) is 12.1 Å². The molecule has 27 heavy (non-hydrogen) atoms. The van der Waals surface area contributed by atoms with Crippen LogP contribution < -0.4 is 4.74 Å². The third-order valence-electron chi connectivity index (χ3n) is 4.43. The van der Waals surface area contributed by atoms with Gasteiger partial charge in [0.2, 0.25) is 0 Å². The lowest BCUT2D eigenvalue weighted by molar-refractivity contribution is -0.384. The standard InChI is InChI=1S/C22H15NO4/c24-21-18-11-4-5-12-20(18)27-22(16-8-2-1-3-9-16)19(21)14-15-7-6-10-17(13-15)23(25)26/h1-14,22H/b19-14-/t22-/m0/s1. The van der Waals surface area contributed by atoms with Gasteiger partial charge in [-0.05, 0) is 29.3 Å². The highest BCUT2D eigenvalue weighted by molar-refractivity contribution is 6.14. The van der Waals surface area contributed by atoms with Crippen molar-refractivity contribution in [1.29, 1.82) is 0 Å². The zero-order valence-corrected chi connectivity index (χ0v) is 14.2. The molecular formula is C22H15NO4. The first-order chi connectivity index (χ1) is 13.1. The number of nitro benzene ring substituents is 1. The molecule has 5 heteroatoms. The normalized spacial score (nSPS) is 17.3. The molecule has 0 saturated carbocycles. The number of fused-ring (bicyclic) bond motifs is 1. The lowest BCUT2D eigenvalue weighted by Gasteiger charge is -2.28. The molecule has 132 valence electrons. The van der Waals surface area contributed by atoms with Crippen LogP contribution in [0.3, 0.4) is 0 Å². The average molecular weight is 357 g/mol. The van der Waals surface area contributed by atoms with Crippen molar-refractivity contribution in [2.24, 2.45) is 0 Å². The van der Waals surface area contributed by atoms with E-state index in [0.29, 0.717) is 22.4 Å². The highest BCUT2D eigenvalue weighted by Gasteiger charge is 2.32. The molecule has 1 atom stereocenters. The Bertz CT molecular complexity index is 1060. The van der Waals surface area contributed by atoms with Crippen molar-refractivity contribution in [3.63, 3.8) is 0 Å². The molecule has 3 aromatic carbocycles. The summed E-state index contributed by atoms with van der Waals surface area (Å²) >= 11 is 0. The van der Waals surface area contributed by atoms with Crippen LogP contribution in [0.1, 0.15) is 27.6 Å². The van der Waals surface area contributed by atoms with Gasteiger partial charge in [-0.15, -0.1) is 0 Å². The second-order valence-electron chi connectivity index (χ2n) is 6.19. The number of benzene rings is 3. The summed E-state index contributed by atoms with van der Waals surface area (Å²) in [6.45, 7) is 0. The number of hydrogen-bond donors (Lipinski definition) is 0. The van der Waals surface area contributed by atoms with Crippen LogP contribution in [0, 0.1) is 10.1 Å². The van der Waals surface area contributed by atoms with E-state index in [-0.39, 0.29) is 11.5 Å². The van der Waals surface area contributed by atoms with E-state index in [4.69, 9.17) is 4.74 Å². The number of para-hydroxylation sites is 1. The summed E-state index contributed by atoms with van der Waals surface area (Å²) in [6.07, 6.45) is 1.09. The van der Waals surface area contributed by atoms with Crippen LogP contribution in [0.15, 0.2) is 84.4 Å². The van der Waals surface area contributed by atoms with Crippen molar-refractivity contribution in [2.75, 3.05) is 0 Å². The van der Waals surface area contributed by atoms with Gasteiger partial charge in [0.05, 0.1) is 10.5 Å². The molecule has 4 rings (SSSR count). The summed E-state index contributed by atoms with van der Waals surface area (Å²) in [5.41, 5.74) is 2.33. The largest absolute Gasteiger partial charge is 0.480 e. The Kier molecular flexibility index (Phi) is 4.26. The molecule has 0 unspecified atom stereocenters. The van der Waals surface area contributed by atoms with Gasteiger partial charge in [0.25, 0.3) is 5.69 Å². The van der Waals surface area contributed by atoms with E-state index in [0.717, 1.165) is 5.56 Å². The molecule has 0 amide bonds. The molecule has 0 saturated heterocycles. The number of carbonyl (C=O) groups is 1. The second-order valence-corrected chi connectivity index (χ2v) is 6.19. The molecule has 0 aromatic heterocycles. The molecule has 3 aromatic rings. The highest BCUT2D eigenvalue weighted by Crippen LogP contribution is 2.39. The molecule has 0 radical (unpaired) electrons. The molecule has 0 bridgehead atoms. The number of hydrogen-bond acceptors (Lipinski definition) is 4. The summed E-state index contributed by atoms with van der Waals surface area (Å²) in [7, 11) is 0. The predicted molar refractivity (Wildman–Crippen MR) is 102 cm³/mol. The first kappa shape index (κ1) is 16.7. The molecule has 1 aliphatic heterocycles. The third-order valence-corrected chi connectivity index (χ3v) is 4.43. The number of non-ortho nitro benzene ring substituents is 1. The first-order valence-corrected chi connectivity index (χ1v) is 8.45.